The van der Waals surface area contributed by atoms with Gasteiger partial charge in [-0.15, -0.1) is 0 Å². The van der Waals surface area contributed by atoms with Gasteiger partial charge in [0.1, 0.15) is 5.75 Å². The van der Waals surface area contributed by atoms with Crippen molar-refractivity contribution >= 4 is 48.5 Å². The van der Waals surface area contributed by atoms with Crippen LogP contribution in [0.25, 0.3) is 0 Å². The lowest BCUT2D eigenvalue weighted by Gasteiger charge is -2.37. The topological polar surface area (TPSA) is 99.6 Å². The third kappa shape index (κ3) is 9.00. The monoisotopic (exact) mass is 813 g/mol. The zero-order valence-electron chi connectivity index (χ0n) is 35.6. The number of ether oxygens (including phenoxy) is 2. The molecule has 0 radical (unpaired) electrons. The number of aliphatic hydroxyl groups excluding tert-OH is 1. The van der Waals surface area contributed by atoms with E-state index in [9.17, 15) is 14.7 Å². The molecule has 1 fully saturated rings. The van der Waals surface area contributed by atoms with Crippen molar-refractivity contribution in [2.45, 2.75) is 83.8 Å². The summed E-state index contributed by atoms with van der Waals surface area (Å²) in [6.07, 6.45) is 6.35. The van der Waals surface area contributed by atoms with Crippen LogP contribution in [-0.4, -0.2) is 69.2 Å². The number of allylic oxidation sites excluding steroid dienone is 3. The molecule has 4 aromatic rings. The Hall–Kier alpha value is -5.29. The van der Waals surface area contributed by atoms with Gasteiger partial charge in [0.2, 0.25) is 12.3 Å². The van der Waals surface area contributed by atoms with E-state index in [0.717, 1.165) is 41.4 Å². The number of fused-ring (bicyclic) bond motifs is 2. The minimum atomic E-state index is -2.58. The van der Waals surface area contributed by atoms with Crippen LogP contribution in [0.3, 0.4) is 0 Å². The SMILES string of the molecule is COc1ccc([Si](C)(C)[C@@H]2[C@@H](CC(=O)N(CCO)Cc3ccccc3)O[C@]3(C(=O)N(C/C=C(\C)CCC=C(C)C)c4ccc(N(C=O)c5ccccc5)cc43)[C@H]2C)cc1. The van der Waals surface area contributed by atoms with Gasteiger partial charge in [-0.05, 0) is 87.2 Å². The number of methoxy groups -OCH3 is 1. The largest absolute Gasteiger partial charge is 0.497 e. The molecule has 2 heterocycles. The van der Waals surface area contributed by atoms with E-state index in [-0.39, 0.29) is 42.8 Å². The van der Waals surface area contributed by atoms with Crippen LogP contribution in [0.2, 0.25) is 18.6 Å². The molecule has 1 saturated heterocycles. The molecule has 2 aliphatic rings. The van der Waals surface area contributed by atoms with E-state index >= 15 is 4.79 Å². The number of hydrogen-bond acceptors (Lipinski definition) is 6. The first-order chi connectivity index (χ1) is 28.3. The molecule has 2 aliphatic heterocycles. The molecule has 10 heteroatoms. The van der Waals surface area contributed by atoms with Crippen LogP contribution in [0.4, 0.5) is 17.1 Å². The van der Waals surface area contributed by atoms with Crippen LogP contribution in [-0.2, 0) is 31.3 Å². The molecular formula is C49H59N3O6Si. The van der Waals surface area contributed by atoms with Crippen molar-refractivity contribution < 1.29 is 29.0 Å². The number of carbonyl (C=O) groups is 3. The zero-order chi connectivity index (χ0) is 42.3. The number of benzene rings is 4. The molecule has 9 nitrogen and oxygen atoms in total. The lowest BCUT2D eigenvalue weighted by molar-refractivity contribution is -0.149. The van der Waals surface area contributed by atoms with Gasteiger partial charge in [-0.2, -0.15) is 0 Å². The molecular weight excluding hydrogens is 755 g/mol. The number of hydrogen-bond donors (Lipinski definition) is 1. The summed E-state index contributed by atoms with van der Waals surface area (Å²) in [5.41, 5.74) is 4.53. The van der Waals surface area contributed by atoms with Gasteiger partial charge in [-0.25, -0.2) is 0 Å². The van der Waals surface area contributed by atoms with Gasteiger partial charge < -0.3 is 24.4 Å². The summed E-state index contributed by atoms with van der Waals surface area (Å²) in [7, 11) is -0.931. The van der Waals surface area contributed by atoms with Gasteiger partial charge in [0.25, 0.3) is 5.91 Å². The third-order valence-electron chi connectivity index (χ3n) is 12.3. The molecule has 0 saturated carbocycles. The van der Waals surface area contributed by atoms with Gasteiger partial charge in [0.05, 0.1) is 40.0 Å². The fourth-order valence-corrected chi connectivity index (χ4v) is 13.2. The van der Waals surface area contributed by atoms with Gasteiger partial charge >= 0.3 is 0 Å². The fraction of sp³-hybridized carbons (Fsp3) is 0.367. The Bertz CT molecular complexity index is 2150. The molecule has 59 heavy (non-hydrogen) atoms. The highest BCUT2D eigenvalue weighted by Crippen LogP contribution is 2.60. The maximum absolute atomic E-state index is 15.5. The van der Waals surface area contributed by atoms with Gasteiger partial charge in [-0.3, -0.25) is 19.3 Å². The highest BCUT2D eigenvalue weighted by molar-refractivity contribution is 6.91. The molecule has 3 amide bonds. The molecule has 1 N–H and O–H groups in total. The molecule has 1 spiro atoms. The number of para-hydroxylation sites is 1. The molecule has 4 aromatic carbocycles. The summed E-state index contributed by atoms with van der Waals surface area (Å²) in [6, 6.07) is 33.1. The van der Waals surface area contributed by atoms with Crippen LogP contribution in [0.15, 0.2) is 126 Å². The molecule has 310 valence electrons. The summed E-state index contributed by atoms with van der Waals surface area (Å²) in [4.78, 5) is 47.9. The maximum Gasteiger partial charge on any atom is 0.264 e. The van der Waals surface area contributed by atoms with E-state index in [4.69, 9.17) is 9.47 Å². The molecule has 4 atom stereocenters. The second kappa shape index (κ2) is 18.7. The molecule has 0 aliphatic carbocycles. The van der Waals surface area contributed by atoms with E-state index in [2.05, 4.69) is 65.1 Å². The van der Waals surface area contributed by atoms with Crippen LogP contribution < -0.4 is 19.7 Å². The Balaban J connectivity index is 1.47. The van der Waals surface area contributed by atoms with Gasteiger partial charge in [0, 0.05) is 42.5 Å². The number of anilines is 3. The number of nitrogens with zero attached hydrogens (tertiary/aromatic N) is 3. The van der Waals surface area contributed by atoms with E-state index in [1.807, 2.05) is 95.9 Å². The van der Waals surface area contributed by atoms with Crippen molar-refractivity contribution in [1.82, 2.24) is 4.90 Å². The van der Waals surface area contributed by atoms with Gasteiger partial charge in [-0.1, -0.05) is 109 Å². The number of aliphatic hydroxyl groups is 1. The van der Waals surface area contributed by atoms with Crippen LogP contribution in [0.1, 0.15) is 58.1 Å². The number of carbonyl (C=O) groups excluding carboxylic acids is 3. The number of amides is 3. The quantitative estimate of drug-likeness (QED) is 0.0651. The summed E-state index contributed by atoms with van der Waals surface area (Å²) in [5, 5.41) is 11.3. The second-order valence-corrected chi connectivity index (χ2v) is 21.4. The van der Waals surface area contributed by atoms with Crippen molar-refractivity contribution in [2.24, 2.45) is 5.92 Å². The van der Waals surface area contributed by atoms with Crippen molar-refractivity contribution in [3.63, 3.8) is 0 Å². The van der Waals surface area contributed by atoms with Gasteiger partial charge in [0.15, 0.2) is 5.60 Å². The van der Waals surface area contributed by atoms with E-state index < -0.39 is 19.8 Å². The highest BCUT2D eigenvalue weighted by atomic mass is 28.3. The minimum absolute atomic E-state index is 0.0341. The third-order valence-corrected chi connectivity index (χ3v) is 16.6. The first-order valence-corrected chi connectivity index (χ1v) is 23.7. The smallest absolute Gasteiger partial charge is 0.264 e. The Morgan fingerprint density at radius 2 is 1.61 bits per heavy atom. The van der Waals surface area contributed by atoms with Crippen molar-refractivity contribution in [3.8, 4) is 5.75 Å². The Morgan fingerprint density at radius 1 is 0.932 bits per heavy atom. The number of rotatable bonds is 17. The van der Waals surface area contributed by atoms with Crippen molar-refractivity contribution in [3.05, 3.63) is 138 Å². The lowest BCUT2D eigenvalue weighted by Crippen LogP contribution is -2.52. The van der Waals surface area contributed by atoms with Crippen LogP contribution in [0, 0.1) is 5.92 Å². The standard InChI is InChI=1S/C49H59N3O6Si/c1-35(2)15-14-16-36(3)27-28-51-44-26-21-40(52(34-54)39-19-12-9-13-20-39)31-43(44)49(48(51)56)37(4)47(59(6,7)42-24-22-41(57-5)23-25-42)45(58-49)32-46(55)50(29-30-53)33-38-17-10-8-11-18-38/h8-13,15,17-27,31,34,37,45,47,53H,14,16,28-30,32-33H2,1-7H3/b36-27+/t37-,45+,47-,49+/m0/s1. The van der Waals surface area contributed by atoms with Crippen molar-refractivity contribution in [2.75, 3.05) is 36.6 Å². The van der Waals surface area contributed by atoms with Crippen molar-refractivity contribution in [1.29, 1.82) is 0 Å². The predicted molar refractivity (Wildman–Crippen MR) is 239 cm³/mol. The molecule has 0 bridgehead atoms. The first kappa shape index (κ1) is 43.3. The Kier molecular flexibility index (Phi) is 13.8. The normalized spacial score (nSPS) is 20.1. The summed E-state index contributed by atoms with van der Waals surface area (Å²) < 4.78 is 12.9. The summed E-state index contributed by atoms with van der Waals surface area (Å²) in [5.74, 6) is 0.0755. The summed E-state index contributed by atoms with van der Waals surface area (Å²) in [6.45, 7) is 13.7. The lowest BCUT2D eigenvalue weighted by atomic mass is 9.82. The Morgan fingerprint density at radius 3 is 2.24 bits per heavy atom. The predicted octanol–water partition coefficient (Wildman–Crippen LogP) is 8.66. The first-order valence-electron chi connectivity index (χ1n) is 20.7. The fourth-order valence-electron chi connectivity index (χ4n) is 9.15. The average molecular weight is 814 g/mol. The average Bonchev–Trinajstić information content (AvgIpc) is 3.66. The zero-order valence-corrected chi connectivity index (χ0v) is 36.6. The highest BCUT2D eigenvalue weighted by Gasteiger charge is 2.66. The Labute approximate surface area is 351 Å². The molecule has 0 aromatic heterocycles. The minimum Gasteiger partial charge on any atom is -0.497 e. The van der Waals surface area contributed by atoms with E-state index in [1.165, 1.54) is 11.1 Å². The van der Waals surface area contributed by atoms with Crippen LogP contribution >= 0.6 is 0 Å². The second-order valence-electron chi connectivity index (χ2n) is 16.7. The van der Waals surface area contributed by atoms with E-state index in [0.29, 0.717) is 30.0 Å². The molecule has 6 rings (SSSR count). The maximum atomic E-state index is 15.5. The summed E-state index contributed by atoms with van der Waals surface area (Å²) >= 11 is 0. The van der Waals surface area contributed by atoms with Crippen LogP contribution in [0.5, 0.6) is 5.75 Å². The molecule has 0 unspecified atom stereocenters. The van der Waals surface area contributed by atoms with E-state index in [1.54, 1.807) is 16.9 Å².